The average molecular weight is 434 g/mol. The summed E-state index contributed by atoms with van der Waals surface area (Å²) < 4.78 is 40.2. The largest absolute Gasteiger partial charge is 0.326 e. The molecule has 0 unspecified atom stereocenters. The van der Waals surface area contributed by atoms with Gasteiger partial charge in [-0.05, 0) is 64.9 Å². The van der Waals surface area contributed by atoms with Crippen molar-refractivity contribution in [2.45, 2.75) is 11.3 Å². The smallest absolute Gasteiger partial charge is 0.261 e. The summed E-state index contributed by atoms with van der Waals surface area (Å²) in [5, 5.41) is 5.00. The summed E-state index contributed by atoms with van der Waals surface area (Å²) in [6.45, 7) is 0. The van der Waals surface area contributed by atoms with Gasteiger partial charge in [-0.15, -0.1) is 0 Å². The Morgan fingerprint density at radius 3 is 2.13 bits per heavy atom. The second-order valence-corrected chi connectivity index (χ2v) is 8.73. The van der Waals surface area contributed by atoms with Gasteiger partial charge in [0.2, 0.25) is 5.91 Å². The molecule has 0 spiro atoms. The Morgan fingerprint density at radius 1 is 0.774 bits per heavy atom. The Morgan fingerprint density at radius 2 is 1.42 bits per heavy atom. The molecule has 4 aromatic rings. The third-order valence-corrected chi connectivity index (χ3v) is 6.12. The molecule has 0 aliphatic heterocycles. The highest BCUT2D eigenvalue weighted by Crippen LogP contribution is 2.20. The molecule has 4 aromatic carbocycles. The molecule has 5 nitrogen and oxygen atoms in total. The van der Waals surface area contributed by atoms with E-state index in [0.29, 0.717) is 11.4 Å². The monoisotopic (exact) mass is 434 g/mol. The van der Waals surface area contributed by atoms with Gasteiger partial charge in [-0.2, -0.15) is 0 Å². The van der Waals surface area contributed by atoms with Crippen LogP contribution in [0, 0.1) is 5.82 Å². The first-order chi connectivity index (χ1) is 14.9. The third-order valence-electron chi connectivity index (χ3n) is 4.72. The van der Waals surface area contributed by atoms with Crippen LogP contribution < -0.4 is 10.0 Å². The maximum absolute atomic E-state index is 13.0. The Hall–Kier alpha value is -3.71. The number of hydrogen-bond acceptors (Lipinski definition) is 3. The van der Waals surface area contributed by atoms with Crippen molar-refractivity contribution < 1.29 is 17.6 Å². The standard InChI is InChI=1S/C24H19FN2O3S/c25-20-7-13-23(14-8-20)31(29,30)27-22-11-9-21(10-12-22)26-24(28)16-17-5-6-18-3-1-2-4-19(18)15-17/h1-15,27H,16H2,(H,26,28). The SMILES string of the molecule is O=C(Cc1ccc2ccccc2c1)Nc1ccc(NS(=O)(=O)c2ccc(F)cc2)cc1. The van der Waals surface area contributed by atoms with Crippen LogP contribution in [0.2, 0.25) is 0 Å². The zero-order valence-electron chi connectivity index (χ0n) is 16.4. The molecule has 0 bridgehead atoms. The van der Waals surface area contributed by atoms with E-state index < -0.39 is 15.8 Å². The molecule has 31 heavy (non-hydrogen) atoms. The number of carbonyl (C=O) groups excluding carboxylic acids is 1. The van der Waals surface area contributed by atoms with Crippen LogP contribution in [0.3, 0.4) is 0 Å². The molecule has 156 valence electrons. The topological polar surface area (TPSA) is 75.3 Å². The predicted molar refractivity (Wildman–Crippen MR) is 120 cm³/mol. The fourth-order valence-corrected chi connectivity index (χ4v) is 4.25. The van der Waals surface area contributed by atoms with Crippen LogP contribution in [0.4, 0.5) is 15.8 Å². The first kappa shape index (κ1) is 20.6. The first-order valence-corrected chi connectivity index (χ1v) is 11.0. The van der Waals surface area contributed by atoms with E-state index in [2.05, 4.69) is 10.0 Å². The van der Waals surface area contributed by atoms with Crippen molar-refractivity contribution >= 4 is 38.1 Å². The number of nitrogens with one attached hydrogen (secondary N) is 2. The lowest BCUT2D eigenvalue weighted by Gasteiger charge is -2.10. The van der Waals surface area contributed by atoms with E-state index in [0.717, 1.165) is 28.5 Å². The first-order valence-electron chi connectivity index (χ1n) is 9.55. The van der Waals surface area contributed by atoms with Crippen LogP contribution in [0.25, 0.3) is 10.8 Å². The van der Waals surface area contributed by atoms with Crippen molar-refractivity contribution in [2.75, 3.05) is 10.0 Å². The van der Waals surface area contributed by atoms with Gasteiger partial charge in [0.25, 0.3) is 10.0 Å². The fourth-order valence-electron chi connectivity index (χ4n) is 3.19. The lowest BCUT2D eigenvalue weighted by Crippen LogP contribution is -2.15. The number of halogens is 1. The molecule has 0 aliphatic carbocycles. The van der Waals surface area contributed by atoms with Crippen molar-refractivity contribution in [3.8, 4) is 0 Å². The van der Waals surface area contributed by atoms with Gasteiger partial charge in [-0.25, -0.2) is 12.8 Å². The molecule has 0 fully saturated rings. The van der Waals surface area contributed by atoms with Crippen molar-refractivity contribution in [1.82, 2.24) is 0 Å². The predicted octanol–water partition coefficient (Wildman–Crippen LogP) is 4.96. The van der Waals surface area contributed by atoms with Crippen molar-refractivity contribution in [3.05, 3.63) is 102 Å². The van der Waals surface area contributed by atoms with E-state index >= 15 is 0 Å². The minimum absolute atomic E-state index is 0.0401. The summed E-state index contributed by atoms with van der Waals surface area (Å²) in [6, 6.07) is 24.7. The van der Waals surface area contributed by atoms with Crippen LogP contribution in [0.1, 0.15) is 5.56 Å². The molecule has 7 heteroatoms. The normalized spacial score (nSPS) is 11.3. The third kappa shape index (κ3) is 5.07. The van der Waals surface area contributed by atoms with Crippen LogP contribution in [-0.2, 0) is 21.2 Å². The molecular weight excluding hydrogens is 415 g/mol. The summed E-state index contributed by atoms with van der Waals surface area (Å²) in [5.41, 5.74) is 1.78. The zero-order chi connectivity index (χ0) is 21.8. The lowest BCUT2D eigenvalue weighted by molar-refractivity contribution is -0.115. The van der Waals surface area contributed by atoms with E-state index in [4.69, 9.17) is 0 Å². The number of fused-ring (bicyclic) bond motifs is 1. The highest BCUT2D eigenvalue weighted by Gasteiger charge is 2.14. The summed E-state index contributed by atoms with van der Waals surface area (Å²) >= 11 is 0. The molecule has 0 heterocycles. The van der Waals surface area contributed by atoms with E-state index in [-0.39, 0.29) is 17.2 Å². The molecule has 0 radical (unpaired) electrons. The maximum Gasteiger partial charge on any atom is 0.261 e. The lowest BCUT2D eigenvalue weighted by atomic mass is 10.0. The summed E-state index contributed by atoms with van der Waals surface area (Å²) in [4.78, 5) is 12.4. The Kier molecular flexibility index (Phi) is 5.68. The molecule has 0 saturated heterocycles. The van der Waals surface area contributed by atoms with Gasteiger partial charge in [-0.3, -0.25) is 9.52 Å². The van der Waals surface area contributed by atoms with Crippen LogP contribution in [-0.4, -0.2) is 14.3 Å². The number of hydrogen-bond donors (Lipinski definition) is 2. The molecule has 0 atom stereocenters. The van der Waals surface area contributed by atoms with E-state index in [9.17, 15) is 17.6 Å². The summed E-state index contributed by atoms with van der Waals surface area (Å²) in [7, 11) is -3.83. The fraction of sp³-hybridized carbons (Fsp3) is 0.0417. The number of rotatable bonds is 6. The molecular formula is C24H19FN2O3S. The highest BCUT2D eigenvalue weighted by atomic mass is 32.2. The Bertz CT molecular complexity index is 1340. The molecule has 2 N–H and O–H groups in total. The van der Waals surface area contributed by atoms with E-state index in [1.807, 2.05) is 42.5 Å². The van der Waals surface area contributed by atoms with Gasteiger partial charge in [0.15, 0.2) is 0 Å². The number of anilines is 2. The van der Waals surface area contributed by atoms with Crippen LogP contribution in [0.5, 0.6) is 0 Å². The van der Waals surface area contributed by atoms with Gasteiger partial charge in [0.05, 0.1) is 11.3 Å². The average Bonchev–Trinajstić information content (AvgIpc) is 2.75. The van der Waals surface area contributed by atoms with Crippen LogP contribution in [0.15, 0.2) is 95.9 Å². The Labute approximate surface area is 179 Å². The van der Waals surface area contributed by atoms with Gasteiger partial charge in [-0.1, -0.05) is 42.5 Å². The molecule has 1 amide bonds. The minimum atomic E-state index is -3.83. The van der Waals surface area contributed by atoms with Gasteiger partial charge < -0.3 is 5.32 Å². The second kappa shape index (κ2) is 8.57. The number of carbonyl (C=O) groups is 1. The van der Waals surface area contributed by atoms with Crippen LogP contribution >= 0.6 is 0 Å². The number of benzene rings is 4. The van der Waals surface area contributed by atoms with E-state index in [1.54, 1.807) is 24.3 Å². The molecule has 0 aliphatic rings. The van der Waals surface area contributed by atoms with Crippen molar-refractivity contribution in [3.63, 3.8) is 0 Å². The van der Waals surface area contributed by atoms with Crippen molar-refractivity contribution in [2.24, 2.45) is 0 Å². The second-order valence-electron chi connectivity index (χ2n) is 7.04. The summed E-state index contributed by atoms with van der Waals surface area (Å²) in [6.07, 6.45) is 0.226. The Balaban J connectivity index is 1.39. The number of amides is 1. The molecule has 4 rings (SSSR count). The van der Waals surface area contributed by atoms with Gasteiger partial charge in [0, 0.05) is 11.4 Å². The van der Waals surface area contributed by atoms with Crippen molar-refractivity contribution in [1.29, 1.82) is 0 Å². The molecule has 0 saturated carbocycles. The van der Waals surface area contributed by atoms with E-state index in [1.165, 1.54) is 12.1 Å². The number of sulfonamides is 1. The highest BCUT2D eigenvalue weighted by molar-refractivity contribution is 7.92. The minimum Gasteiger partial charge on any atom is -0.326 e. The van der Waals surface area contributed by atoms with Gasteiger partial charge >= 0.3 is 0 Å². The van der Waals surface area contributed by atoms with Gasteiger partial charge in [0.1, 0.15) is 5.82 Å². The zero-order valence-corrected chi connectivity index (χ0v) is 17.2. The summed E-state index contributed by atoms with van der Waals surface area (Å²) in [5.74, 6) is -0.683. The molecule has 0 aromatic heterocycles. The maximum atomic E-state index is 13.0. The quantitative estimate of drug-likeness (QED) is 0.450.